The molecule has 1 aromatic carbocycles. The average Bonchev–Trinajstić information content (AvgIpc) is 2.41. The molecule has 0 fully saturated rings. The van der Waals surface area contributed by atoms with Crippen LogP contribution in [0.3, 0.4) is 0 Å². The Morgan fingerprint density at radius 2 is 2.09 bits per heavy atom. The third-order valence-electron chi connectivity index (χ3n) is 3.04. The average molecular weight is 329 g/mol. The number of amides is 1. The molecule has 0 aromatic heterocycles. The molecular weight excluding hydrogens is 304 g/mol. The summed E-state index contributed by atoms with van der Waals surface area (Å²) in [5.41, 5.74) is 0.217. The summed E-state index contributed by atoms with van der Waals surface area (Å²) >= 11 is 5.88. The quantitative estimate of drug-likeness (QED) is 0.748. The summed E-state index contributed by atoms with van der Waals surface area (Å²) in [4.78, 5) is 11.6. The fourth-order valence-electron chi connectivity index (χ4n) is 1.84. The van der Waals surface area contributed by atoms with Crippen LogP contribution in [-0.2, 0) is 11.3 Å². The van der Waals surface area contributed by atoms with Crippen LogP contribution in [0.25, 0.3) is 0 Å². The minimum absolute atomic E-state index is 0.0749. The van der Waals surface area contributed by atoms with Crippen LogP contribution in [0.1, 0.15) is 39.7 Å². The minimum Gasteiger partial charge on any atom is -0.506 e. The molecule has 6 heteroatoms. The van der Waals surface area contributed by atoms with Gasteiger partial charge in [-0.25, -0.2) is 4.79 Å². The maximum atomic E-state index is 11.6. The number of phenols is 1. The first-order chi connectivity index (χ1) is 10.2. The molecule has 0 saturated carbocycles. The van der Waals surface area contributed by atoms with Gasteiger partial charge in [0, 0.05) is 24.7 Å². The fraction of sp³-hybridized carbons (Fsp3) is 0.562. The Bertz CT molecular complexity index is 501. The monoisotopic (exact) mass is 328 g/mol. The Hall–Kier alpha value is -1.46. The van der Waals surface area contributed by atoms with Crippen molar-refractivity contribution in [2.45, 2.75) is 52.3 Å². The van der Waals surface area contributed by atoms with Crippen molar-refractivity contribution >= 4 is 17.7 Å². The SMILES string of the molecule is CCC(CNC(=O)OC(C)(C)C)NCc1cccc(Cl)c1O. The molecule has 1 atom stereocenters. The van der Waals surface area contributed by atoms with Gasteiger partial charge in [-0.05, 0) is 33.3 Å². The zero-order chi connectivity index (χ0) is 16.8. The fourth-order valence-corrected chi connectivity index (χ4v) is 2.03. The Labute approximate surface area is 137 Å². The molecule has 0 aliphatic rings. The van der Waals surface area contributed by atoms with Crippen molar-refractivity contribution in [3.05, 3.63) is 28.8 Å². The summed E-state index contributed by atoms with van der Waals surface area (Å²) in [5, 5.41) is 16.2. The highest BCUT2D eigenvalue weighted by molar-refractivity contribution is 6.32. The van der Waals surface area contributed by atoms with Crippen molar-refractivity contribution in [3.8, 4) is 5.75 Å². The first-order valence-electron chi connectivity index (χ1n) is 7.39. The minimum atomic E-state index is -0.508. The van der Waals surface area contributed by atoms with Gasteiger partial charge >= 0.3 is 6.09 Å². The van der Waals surface area contributed by atoms with E-state index in [4.69, 9.17) is 16.3 Å². The van der Waals surface area contributed by atoms with Crippen LogP contribution in [0.15, 0.2) is 18.2 Å². The number of aromatic hydroxyl groups is 1. The zero-order valence-electron chi connectivity index (χ0n) is 13.6. The van der Waals surface area contributed by atoms with Crippen LogP contribution < -0.4 is 10.6 Å². The number of hydrogen-bond acceptors (Lipinski definition) is 4. The number of phenolic OH excluding ortho intramolecular Hbond substituents is 1. The predicted molar refractivity (Wildman–Crippen MR) is 88.3 cm³/mol. The van der Waals surface area contributed by atoms with Crippen molar-refractivity contribution < 1.29 is 14.6 Å². The van der Waals surface area contributed by atoms with Crippen molar-refractivity contribution in [1.29, 1.82) is 0 Å². The number of carbonyl (C=O) groups excluding carboxylic acids is 1. The number of rotatable bonds is 6. The molecule has 0 aliphatic heterocycles. The number of benzene rings is 1. The van der Waals surface area contributed by atoms with Crippen LogP contribution in [0.5, 0.6) is 5.75 Å². The van der Waals surface area contributed by atoms with Gasteiger partial charge in [-0.1, -0.05) is 30.7 Å². The van der Waals surface area contributed by atoms with Gasteiger partial charge in [0.15, 0.2) is 0 Å². The van der Waals surface area contributed by atoms with Gasteiger partial charge in [0.2, 0.25) is 0 Å². The summed E-state index contributed by atoms with van der Waals surface area (Å²) in [5.74, 6) is 0.0895. The lowest BCUT2D eigenvalue weighted by Gasteiger charge is -2.22. The summed E-state index contributed by atoms with van der Waals surface area (Å²) < 4.78 is 5.19. The van der Waals surface area contributed by atoms with Gasteiger partial charge in [0.25, 0.3) is 0 Å². The van der Waals surface area contributed by atoms with Crippen molar-refractivity contribution in [3.63, 3.8) is 0 Å². The Balaban J connectivity index is 2.45. The van der Waals surface area contributed by atoms with E-state index in [9.17, 15) is 9.90 Å². The van der Waals surface area contributed by atoms with Gasteiger partial charge in [-0.15, -0.1) is 0 Å². The Kier molecular flexibility index (Phi) is 6.97. The molecule has 22 heavy (non-hydrogen) atoms. The van der Waals surface area contributed by atoms with E-state index in [-0.39, 0.29) is 11.8 Å². The number of halogens is 1. The molecule has 124 valence electrons. The van der Waals surface area contributed by atoms with Gasteiger partial charge in [0.1, 0.15) is 11.4 Å². The maximum absolute atomic E-state index is 11.6. The van der Waals surface area contributed by atoms with E-state index in [0.717, 1.165) is 12.0 Å². The number of ether oxygens (including phenoxy) is 1. The number of para-hydroxylation sites is 1. The highest BCUT2D eigenvalue weighted by Crippen LogP contribution is 2.26. The Morgan fingerprint density at radius 3 is 2.68 bits per heavy atom. The summed E-state index contributed by atoms with van der Waals surface area (Å²) in [6.45, 7) is 8.41. The molecule has 1 aromatic rings. The second-order valence-electron chi connectivity index (χ2n) is 6.12. The molecule has 5 nitrogen and oxygen atoms in total. The molecular formula is C16H25ClN2O3. The lowest BCUT2D eigenvalue weighted by atomic mass is 10.1. The van der Waals surface area contributed by atoms with Gasteiger partial charge < -0.3 is 20.5 Å². The standard InChI is InChI=1S/C16H25ClN2O3/c1-5-12(10-19-15(21)22-16(2,3)4)18-9-11-7-6-8-13(17)14(11)20/h6-8,12,18,20H,5,9-10H2,1-4H3,(H,19,21). The van der Waals surface area contributed by atoms with E-state index in [0.29, 0.717) is 18.1 Å². The number of hydrogen-bond donors (Lipinski definition) is 3. The second-order valence-corrected chi connectivity index (χ2v) is 6.52. The van der Waals surface area contributed by atoms with E-state index in [1.807, 2.05) is 33.8 Å². The normalized spacial score (nSPS) is 12.8. The first kappa shape index (κ1) is 18.6. The van der Waals surface area contributed by atoms with E-state index < -0.39 is 11.7 Å². The molecule has 0 spiro atoms. The number of alkyl carbamates (subject to hydrolysis) is 1. The highest BCUT2D eigenvalue weighted by Gasteiger charge is 2.17. The van der Waals surface area contributed by atoms with Gasteiger partial charge in [-0.3, -0.25) is 0 Å². The van der Waals surface area contributed by atoms with Crippen LogP contribution in [0.4, 0.5) is 4.79 Å². The second kappa shape index (κ2) is 8.25. The molecule has 1 unspecified atom stereocenters. The summed E-state index contributed by atoms with van der Waals surface area (Å²) in [6, 6.07) is 5.31. The molecule has 3 N–H and O–H groups in total. The molecule has 0 heterocycles. The molecule has 0 aliphatic carbocycles. The van der Waals surface area contributed by atoms with Gasteiger partial charge in [0.05, 0.1) is 5.02 Å². The molecule has 0 bridgehead atoms. The third kappa shape index (κ3) is 6.54. The lowest BCUT2D eigenvalue weighted by Crippen LogP contribution is -2.42. The smallest absolute Gasteiger partial charge is 0.407 e. The molecule has 0 saturated heterocycles. The number of carbonyl (C=O) groups is 1. The first-order valence-corrected chi connectivity index (χ1v) is 7.77. The largest absolute Gasteiger partial charge is 0.506 e. The molecule has 0 radical (unpaired) electrons. The third-order valence-corrected chi connectivity index (χ3v) is 3.34. The van der Waals surface area contributed by atoms with E-state index >= 15 is 0 Å². The van der Waals surface area contributed by atoms with Crippen molar-refractivity contribution in [2.24, 2.45) is 0 Å². The van der Waals surface area contributed by atoms with Crippen molar-refractivity contribution in [2.75, 3.05) is 6.54 Å². The van der Waals surface area contributed by atoms with Crippen LogP contribution in [0.2, 0.25) is 5.02 Å². The van der Waals surface area contributed by atoms with Crippen LogP contribution in [0, 0.1) is 0 Å². The predicted octanol–water partition coefficient (Wildman–Crippen LogP) is 3.44. The lowest BCUT2D eigenvalue weighted by molar-refractivity contribution is 0.0522. The summed E-state index contributed by atoms with van der Waals surface area (Å²) in [6.07, 6.45) is 0.398. The maximum Gasteiger partial charge on any atom is 0.407 e. The Morgan fingerprint density at radius 1 is 1.41 bits per heavy atom. The number of nitrogens with one attached hydrogen (secondary N) is 2. The van der Waals surface area contributed by atoms with E-state index in [1.54, 1.807) is 12.1 Å². The zero-order valence-corrected chi connectivity index (χ0v) is 14.3. The van der Waals surface area contributed by atoms with E-state index in [1.165, 1.54) is 0 Å². The highest BCUT2D eigenvalue weighted by atomic mass is 35.5. The topological polar surface area (TPSA) is 70.6 Å². The molecule has 1 amide bonds. The van der Waals surface area contributed by atoms with Crippen LogP contribution in [-0.4, -0.2) is 29.4 Å². The van der Waals surface area contributed by atoms with Crippen molar-refractivity contribution in [1.82, 2.24) is 10.6 Å². The van der Waals surface area contributed by atoms with Crippen LogP contribution >= 0.6 is 11.6 Å². The molecule has 1 rings (SSSR count). The van der Waals surface area contributed by atoms with E-state index in [2.05, 4.69) is 10.6 Å². The van der Waals surface area contributed by atoms with Gasteiger partial charge in [-0.2, -0.15) is 0 Å². The summed E-state index contributed by atoms with van der Waals surface area (Å²) in [7, 11) is 0.